The summed E-state index contributed by atoms with van der Waals surface area (Å²) in [6.07, 6.45) is 2.84. The largest absolute Gasteiger partial charge is 0.414 e. The number of carbonyl (C=O) groups is 1. The SMILES string of the molecule is CN(C)C(=O)Oc1cnn(C(C)(C)C)c1. The zero-order valence-electron chi connectivity index (χ0n) is 9.81. The lowest BCUT2D eigenvalue weighted by Gasteiger charge is -2.18. The van der Waals surface area contributed by atoms with Gasteiger partial charge in [-0.25, -0.2) is 4.79 Å². The van der Waals surface area contributed by atoms with Gasteiger partial charge in [0.2, 0.25) is 0 Å². The first kappa shape index (κ1) is 11.6. The molecule has 1 heterocycles. The molecule has 0 aliphatic heterocycles. The van der Waals surface area contributed by atoms with Crippen molar-refractivity contribution in [2.24, 2.45) is 0 Å². The van der Waals surface area contributed by atoms with Gasteiger partial charge in [-0.05, 0) is 20.8 Å². The lowest BCUT2D eigenvalue weighted by Crippen LogP contribution is -2.25. The summed E-state index contributed by atoms with van der Waals surface area (Å²) in [4.78, 5) is 12.6. The van der Waals surface area contributed by atoms with Crippen molar-refractivity contribution in [2.75, 3.05) is 14.1 Å². The Morgan fingerprint density at radius 3 is 2.47 bits per heavy atom. The number of hydrogen-bond acceptors (Lipinski definition) is 3. The number of aromatic nitrogens is 2. The molecule has 84 valence electrons. The molecule has 1 aromatic heterocycles. The van der Waals surface area contributed by atoms with E-state index in [1.165, 1.54) is 11.1 Å². The predicted molar refractivity (Wildman–Crippen MR) is 56.9 cm³/mol. The highest BCUT2D eigenvalue weighted by atomic mass is 16.6. The summed E-state index contributed by atoms with van der Waals surface area (Å²) in [6.45, 7) is 6.08. The molecule has 5 heteroatoms. The van der Waals surface area contributed by atoms with Crippen LogP contribution in [0, 0.1) is 0 Å². The standard InChI is InChI=1S/C10H17N3O2/c1-10(2,3)13-7-8(6-11-13)15-9(14)12(4)5/h6-7H,1-5H3. The second-order valence-corrected chi connectivity index (χ2v) is 4.55. The molecule has 0 aromatic carbocycles. The summed E-state index contributed by atoms with van der Waals surface area (Å²) in [5, 5.41) is 4.12. The summed E-state index contributed by atoms with van der Waals surface area (Å²) in [6, 6.07) is 0. The van der Waals surface area contributed by atoms with E-state index in [4.69, 9.17) is 4.74 Å². The van der Waals surface area contributed by atoms with Gasteiger partial charge >= 0.3 is 6.09 Å². The predicted octanol–water partition coefficient (Wildman–Crippen LogP) is 1.70. The van der Waals surface area contributed by atoms with Gasteiger partial charge in [-0.15, -0.1) is 0 Å². The average Bonchev–Trinajstić information content (AvgIpc) is 2.51. The Bertz CT molecular complexity index is 350. The van der Waals surface area contributed by atoms with Crippen molar-refractivity contribution in [3.8, 4) is 5.75 Å². The molecule has 0 bridgehead atoms. The highest BCUT2D eigenvalue weighted by Gasteiger charge is 2.16. The average molecular weight is 211 g/mol. The molecule has 0 spiro atoms. The maximum absolute atomic E-state index is 11.2. The van der Waals surface area contributed by atoms with Crippen molar-refractivity contribution in [3.63, 3.8) is 0 Å². The van der Waals surface area contributed by atoms with Crippen molar-refractivity contribution >= 4 is 6.09 Å². The lowest BCUT2D eigenvalue weighted by atomic mass is 10.1. The van der Waals surface area contributed by atoms with E-state index in [9.17, 15) is 4.79 Å². The van der Waals surface area contributed by atoms with E-state index in [1.807, 2.05) is 20.8 Å². The molecule has 15 heavy (non-hydrogen) atoms. The van der Waals surface area contributed by atoms with Crippen LogP contribution < -0.4 is 4.74 Å². The molecule has 0 radical (unpaired) electrons. The van der Waals surface area contributed by atoms with Gasteiger partial charge in [0.05, 0.1) is 17.9 Å². The number of nitrogens with zero attached hydrogens (tertiary/aromatic N) is 3. The van der Waals surface area contributed by atoms with E-state index in [0.29, 0.717) is 5.75 Å². The molecule has 0 aliphatic carbocycles. The van der Waals surface area contributed by atoms with Crippen molar-refractivity contribution in [1.82, 2.24) is 14.7 Å². The van der Waals surface area contributed by atoms with Crippen molar-refractivity contribution in [3.05, 3.63) is 12.4 Å². The molecule has 1 amide bonds. The normalized spacial score (nSPS) is 11.3. The third-order valence-electron chi connectivity index (χ3n) is 1.82. The first-order valence-corrected chi connectivity index (χ1v) is 4.75. The summed E-state index contributed by atoms with van der Waals surface area (Å²) in [7, 11) is 3.27. The van der Waals surface area contributed by atoms with E-state index < -0.39 is 6.09 Å². The molecule has 0 aliphatic rings. The Morgan fingerprint density at radius 2 is 2.07 bits per heavy atom. The van der Waals surface area contributed by atoms with Crippen LogP contribution in [0.25, 0.3) is 0 Å². The fourth-order valence-electron chi connectivity index (χ4n) is 0.918. The van der Waals surface area contributed by atoms with Gasteiger partial charge in [0, 0.05) is 14.1 Å². The van der Waals surface area contributed by atoms with Gasteiger partial charge in [0.25, 0.3) is 0 Å². The monoisotopic (exact) mass is 211 g/mol. The highest BCUT2D eigenvalue weighted by Crippen LogP contribution is 2.17. The fourth-order valence-corrected chi connectivity index (χ4v) is 0.918. The molecule has 0 N–H and O–H groups in total. The maximum Gasteiger partial charge on any atom is 0.414 e. The molecular weight excluding hydrogens is 194 g/mol. The highest BCUT2D eigenvalue weighted by molar-refractivity contribution is 5.69. The van der Waals surface area contributed by atoms with Crippen LogP contribution in [-0.2, 0) is 5.54 Å². The van der Waals surface area contributed by atoms with E-state index >= 15 is 0 Å². The third-order valence-corrected chi connectivity index (χ3v) is 1.82. The summed E-state index contributed by atoms with van der Waals surface area (Å²) in [5.41, 5.74) is -0.108. The second kappa shape index (κ2) is 3.92. The number of rotatable bonds is 1. The Labute approximate surface area is 89.6 Å². The molecule has 0 saturated carbocycles. The van der Waals surface area contributed by atoms with E-state index in [2.05, 4.69) is 5.10 Å². The van der Waals surface area contributed by atoms with Crippen LogP contribution in [0.3, 0.4) is 0 Å². The van der Waals surface area contributed by atoms with Gasteiger partial charge in [-0.2, -0.15) is 5.10 Å². The van der Waals surface area contributed by atoms with Crippen molar-refractivity contribution in [1.29, 1.82) is 0 Å². The molecule has 0 atom stereocenters. The Balaban J connectivity index is 2.73. The molecule has 0 unspecified atom stereocenters. The quantitative estimate of drug-likeness (QED) is 0.710. The Kier molecular flexibility index (Phi) is 3.02. The summed E-state index contributed by atoms with van der Waals surface area (Å²) >= 11 is 0. The lowest BCUT2D eigenvalue weighted by molar-refractivity contribution is 0.171. The van der Waals surface area contributed by atoms with Crippen molar-refractivity contribution < 1.29 is 9.53 Å². The molecule has 1 aromatic rings. The molecular formula is C10H17N3O2. The second-order valence-electron chi connectivity index (χ2n) is 4.55. The zero-order chi connectivity index (χ0) is 11.6. The number of carbonyl (C=O) groups excluding carboxylic acids is 1. The van der Waals surface area contributed by atoms with Crippen LogP contribution in [0.4, 0.5) is 4.79 Å². The zero-order valence-corrected chi connectivity index (χ0v) is 9.81. The van der Waals surface area contributed by atoms with Crippen LogP contribution in [0.1, 0.15) is 20.8 Å². The maximum atomic E-state index is 11.2. The van der Waals surface area contributed by atoms with Crippen LogP contribution >= 0.6 is 0 Å². The number of hydrogen-bond donors (Lipinski definition) is 0. The van der Waals surface area contributed by atoms with Gasteiger partial charge in [-0.1, -0.05) is 0 Å². The number of amides is 1. The fraction of sp³-hybridized carbons (Fsp3) is 0.600. The van der Waals surface area contributed by atoms with Gasteiger partial charge in [0.15, 0.2) is 5.75 Å². The number of ether oxygens (including phenoxy) is 1. The first-order valence-electron chi connectivity index (χ1n) is 4.75. The van der Waals surface area contributed by atoms with Crippen LogP contribution in [-0.4, -0.2) is 34.9 Å². The minimum Gasteiger partial charge on any atom is -0.407 e. The third kappa shape index (κ3) is 2.97. The Morgan fingerprint density at radius 1 is 1.47 bits per heavy atom. The van der Waals surface area contributed by atoms with Crippen molar-refractivity contribution in [2.45, 2.75) is 26.3 Å². The van der Waals surface area contributed by atoms with Gasteiger partial charge in [0.1, 0.15) is 0 Å². The summed E-state index contributed by atoms with van der Waals surface area (Å²) < 4.78 is 6.81. The summed E-state index contributed by atoms with van der Waals surface area (Å²) in [5.74, 6) is 0.462. The molecule has 0 saturated heterocycles. The van der Waals surface area contributed by atoms with E-state index in [-0.39, 0.29) is 5.54 Å². The first-order chi connectivity index (χ1) is 6.80. The molecule has 0 fully saturated rings. The van der Waals surface area contributed by atoms with Crippen LogP contribution in [0.15, 0.2) is 12.4 Å². The minimum absolute atomic E-state index is 0.108. The Hall–Kier alpha value is -1.52. The smallest absolute Gasteiger partial charge is 0.407 e. The van der Waals surface area contributed by atoms with Gasteiger partial charge < -0.3 is 9.64 Å². The van der Waals surface area contributed by atoms with Crippen LogP contribution in [0.2, 0.25) is 0 Å². The van der Waals surface area contributed by atoms with Crippen LogP contribution in [0.5, 0.6) is 5.75 Å². The topological polar surface area (TPSA) is 47.4 Å². The van der Waals surface area contributed by atoms with E-state index in [1.54, 1.807) is 25.0 Å². The van der Waals surface area contributed by atoms with Gasteiger partial charge in [-0.3, -0.25) is 4.68 Å². The van der Waals surface area contributed by atoms with E-state index in [0.717, 1.165) is 0 Å². The molecule has 5 nitrogen and oxygen atoms in total. The minimum atomic E-state index is -0.400. The molecule has 1 rings (SSSR count).